The summed E-state index contributed by atoms with van der Waals surface area (Å²) in [5.41, 5.74) is 6.24. The number of nitrogens with two attached hydrogens (primary N) is 1. The first-order valence-electron chi connectivity index (χ1n) is 4.91. The smallest absolute Gasteiger partial charge is 0.127 e. The maximum Gasteiger partial charge on any atom is 0.127 e. The molecule has 84 valence electrons. The molecular weight excluding hydrogens is 217 g/mol. The van der Waals surface area contributed by atoms with E-state index in [0.717, 1.165) is 0 Å². The number of halogens is 2. The Bertz CT molecular complexity index is 299. The third kappa shape index (κ3) is 3.78. The minimum Gasteiger partial charge on any atom is -0.380 e. The molecule has 0 fully saturated rings. The summed E-state index contributed by atoms with van der Waals surface area (Å²) in [4.78, 5) is 0. The Hall–Kier alpha value is -0.640. The van der Waals surface area contributed by atoms with Crippen molar-refractivity contribution < 1.29 is 9.13 Å². The highest BCUT2D eigenvalue weighted by molar-refractivity contribution is 6.31. The standard InChI is InChI=1S/C11H15ClFNO/c1-2-15-7-8(14)6-9-10(12)4-3-5-11(9)13/h3-5,8H,2,6-7,14H2,1H3. The monoisotopic (exact) mass is 231 g/mol. The summed E-state index contributed by atoms with van der Waals surface area (Å²) in [5, 5.41) is 0.418. The molecule has 0 aromatic heterocycles. The van der Waals surface area contributed by atoms with Gasteiger partial charge in [-0.1, -0.05) is 17.7 Å². The Balaban J connectivity index is 2.63. The van der Waals surface area contributed by atoms with E-state index >= 15 is 0 Å². The molecule has 1 unspecified atom stereocenters. The van der Waals surface area contributed by atoms with Gasteiger partial charge in [0.15, 0.2) is 0 Å². The molecule has 1 aromatic carbocycles. The van der Waals surface area contributed by atoms with Gasteiger partial charge in [0.1, 0.15) is 5.82 Å². The zero-order chi connectivity index (χ0) is 11.3. The van der Waals surface area contributed by atoms with E-state index in [1.54, 1.807) is 12.1 Å². The molecule has 15 heavy (non-hydrogen) atoms. The zero-order valence-electron chi connectivity index (χ0n) is 8.67. The van der Waals surface area contributed by atoms with Crippen molar-refractivity contribution in [2.45, 2.75) is 19.4 Å². The second-order valence-electron chi connectivity index (χ2n) is 3.32. The van der Waals surface area contributed by atoms with Crippen LogP contribution in [0.15, 0.2) is 18.2 Å². The summed E-state index contributed by atoms with van der Waals surface area (Å²) < 4.78 is 18.5. The minimum atomic E-state index is -0.311. The highest BCUT2D eigenvalue weighted by Gasteiger charge is 2.11. The van der Waals surface area contributed by atoms with Crippen molar-refractivity contribution in [2.24, 2.45) is 5.73 Å². The Morgan fingerprint density at radius 3 is 2.87 bits per heavy atom. The van der Waals surface area contributed by atoms with Gasteiger partial charge in [-0.2, -0.15) is 0 Å². The second kappa shape index (κ2) is 6.05. The highest BCUT2D eigenvalue weighted by atomic mass is 35.5. The largest absolute Gasteiger partial charge is 0.380 e. The molecule has 1 aromatic rings. The van der Waals surface area contributed by atoms with Crippen molar-refractivity contribution in [1.82, 2.24) is 0 Å². The van der Waals surface area contributed by atoms with E-state index in [9.17, 15) is 4.39 Å². The lowest BCUT2D eigenvalue weighted by Gasteiger charge is -2.13. The van der Waals surface area contributed by atoms with Crippen molar-refractivity contribution in [1.29, 1.82) is 0 Å². The van der Waals surface area contributed by atoms with E-state index in [1.807, 2.05) is 6.92 Å². The lowest BCUT2D eigenvalue weighted by atomic mass is 10.1. The molecule has 2 nitrogen and oxygen atoms in total. The van der Waals surface area contributed by atoms with Gasteiger partial charge in [-0.3, -0.25) is 0 Å². The number of rotatable bonds is 5. The molecule has 0 heterocycles. The number of ether oxygens (including phenoxy) is 1. The van der Waals surface area contributed by atoms with Gasteiger partial charge in [-0.25, -0.2) is 4.39 Å². The predicted octanol–water partition coefficient (Wildman–Crippen LogP) is 2.39. The molecule has 2 N–H and O–H groups in total. The molecule has 0 bridgehead atoms. The van der Waals surface area contributed by atoms with E-state index in [-0.39, 0.29) is 11.9 Å². The first-order valence-corrected chi connectivity index (χ1v) is 5.29. The maximum atomic E-state index is 13.4. The fourth-order valence-corrected chi connectivity index (χ4v) is 1.56. The molecule has 0 radical (unpaired) electrons. The topological polar surface area (TPSA) is 35.2 Å². The highest BCUT2D eigenvalue weighted by Crippen LogP contribution is 2.20. The Kier molecular flexibility index (Phi) is 5.02. The Morgan fingerprint density at radius 1 is 1.53 bits per heavy atom. The molecule has 1 rings (SSSR count). The first-order chi connectivity index (χ1) is 7.15. The summed E-state index contributed by atoms with van der Waals surface area (Å²) in [7, 11) is 0. The molecule has 1 atom stereocenters. The molecule has 4 heteroatoms. The van der Waals surface area contributed by atoms with Crippen molar-refractivity contribution >= 4 is 11.6 Å². The lowest BCUT2D eigenvalue weighted by molar-refractivity contribution is 0.133. The van der Waals surface area contributed by atoms with Crippen LogP contribution in [0.3, 0.4) is 0 Å². The van der Waals surface area contributed by atoms with Gasteiger partial charge in [-0.15, -0.1) is 0 Å². The van der Waals surface area contributed by atoms with E-state index in [0.29, 0.717) is 30.2 Å². The van der Waals surface area contributed by atoms with Gasteiger partial charge < -0.3 is 10.5 Å². The molecular formula is C11H15ClFNO. The van der Waals surface area contributed by atoms with Crippen LogP contribution in [0.2, 0.25) is 5.02 Å². The fraction of sp³-hybridized carbons (Fsp3) is 0.455. The Morgan fingerprint density at radius 2 is 2.27 bits per heavy atom. The summed E-state index contributed by atoms with van der Waals surface area (Å²) in [5.74, 6) is -0.311. The van der Waals surface area contributed by atoms with Crippen LogP contribution in [0.4, 0.5) is 4.39 Å². The Labute approximate surface area is 94.2 Å². The summed E-state index contributed by atoms with van der Waals surface area (Å²) in [6.45, 7) is 2.92. The van der Waals surface area contributed by atoms with Gasteiger partial charge >= 0.3 is 0 Å². The van der Waals surface area contributed by atoms with Crippen LogP contribution >= 0.6 is 11.6 Å². The van der Waals surface area contributed by atoms with Crippen LogP contribution in [0.25, 0.3) is 0 Å². The van der Waals surface area contributed by atoms with Gasteiger partial charge in [0.2, 0.25) is 0 Å². The number of benzene rings is 1. The SMILES string of the molecule is CCOCC(N)Cc1c(F)cccc1Cl. The van der Waals surface area contributed by atoms with E-state index in [1.165, 1.54) is 6.07 Å². The molecule has 0 amide bonds. The third-order valence-electron chi connectivity index (χ3n) is 2.06. The van der Waals surface area contributed by atoms with Gasteiger partial charge in [0.05, 0.1) is 6.61 Å². The fourth-order valence-electron chi connectivity index (χ4n) is 1.32. The normalized spacial score (nSPS) is 12.8. The van der Waals surface area contributed by atoms with E-state index < -0.39 is 0 Å². The van der Waals surface area contributed by atoms with Crippen LogP contribution < -0.4 is 5.73 Å². The average molecular weight is 232 g/mol. The summed E-state index contributed by atoms with van der Waals surface area (Å²) in [6.07, 6.45) is 0.394. The third-order valence-corrected chi connectivity index (χ3v) is 2.42. The lowest BCUT2D eigenvalue weighted by Crippen LogP contribution is -2.29. The van der Waals surface area contributed by atoms with Gasteiger partial charge in [0.25, 0.3) is 0 Å². The van der Waals surface area contributed by atoms with E-state index in [2.05, 4.69) is 0 Å². The number of hydrogen-bond donors (Lipinski definition) is 1. The van der Waals surface area contributed by atoms with Crippen molar-refractivity contribution in [3.05, 3.63) is 34.6 Å². The first kappa shape index (κ1) is 12.4. The van der Waals surface area contributed by atoms with Crippen molar-refractivity contribution in [2.75, 3.05) is 13.2 Å². The van der Waals surface area contributed by atoms with Crippen LogP contribution in [0, 0.1) is 5.82 Å². The van der Waals surface area contributed by atoms with Crippen LogP contribution in [0.5, 0.6) is 0 Å². The second-order valence-corrected chi connectivity index (χ2v) is 3.73. The number of hydrogen-bond acceptors (Lipinski definition) is 2. The quantitative estimate of drug-likeness (QED) is 0.845. The molecule has 0 aliphatic rings. The molecule has 0 spiro atoms. The van der Waals surface area contributed by atoms with Crippen molar-refractivity contribution in [3.8, 4) is 0 Å². The average Bonchev–Trinajstić information content (AvgIpc) is 2.21. The predicted molar refractivity (Wildman–Crippen MR) is 59.6 cm³/mol. The molecule has 0 aliphatic heterocycles. The summed E-state index contributed by atoms with van der Waals surface area (Å²) >= 11 is 5.87. The van der Waals surface area contributed by atoms with Gasteiger partial charge in [0, 0.05) is 23.2 Å². The molecule has 0 aliphatic carbocycles. The zero-order valence-corrected chi connectivity index (χ0v) is 9.43. The van der Waals surface area contributed by atoms with Crippen molar-refractivity contribution in [3.63, 3.8) is 0 Å². The van der Waals surface area contributed by atoms with Crippen LogP contribution in [-0.2, 0) is 11.2 Å². The van der Waals surface area contributed by atoms with E-state index in [4.69, 9.17) is 22.1 Å². The molecule has 0 saturated carbocycles. The van der Waals surface area contributed by atoms with Gasteiger partial charge in [-0.05, 0) is 25.5 Å². The van der Waals surface area contributed by atoms with Crippen LogP contribution in [0.1, 0.15) is 12.5 Å². The van der Waals surface area contributed by atoms with Crippen LogP contribution in [-0.4, -0.2) is 19.3 Å². The molecule has 0 saturated heterocycles. The minimum absolute atomic E-state index is 0.223. The summed E-state index contributed by atoms with van der Waals surface area (Å²) in [6, 6.07) is 4.40. The maximum absolute atomic E-state index is 13.4.